The number of carbonyl (C=O) groups is 1. The number of hydrogen-bond acceptors (Lipinski definition) is 2. The molecule has 1 aromatic rings. The van der Waals surface area contributed by atoms with Gasteiger partial charge >= 0.3 is 0 Å². The fourth-order valence-corrected chi connectivity index (χ4v) is 3.39. The fourth-order valence-electron chi connectivity index (χ4n) is 3.39. The van der Waals surface area contributed by atoms with E-state index in [1.54, 1.807) is 7.05 Å². The number of benzene rings is 1. The van der Waals surface area contributed by atoms with Crippen LogP contribution in [-0.2, 0) is 11.3 Å². The van der Waals surface area contributed by atoms with Crippen molar-refractivity contribution < 1.29 is 13.6 Å². The van der Waals surface area contributed by atoms with Crippen LogP contribution >= 0.6 is 0 Å². The first-order valence-corrected chi connectivity index (χ1v) is 9.68. The molecule has 2 N–H and O–H groups in total. The molecule has 0 spiro atoms. The average Bonchev–Trinajstić information content (AvgIpc) is 2.68. The van der Waals surface area contributed by atoms with E-state index < -0.39 is 11.6 Å². The molecule has 0 unspecified atom stereocenters. The Balaban J connectivity index is 1.82. The van der Waals surface area contributed by atoms with E-state index in [2.05, 4.69) is 29.5 Å². The first kappa shape index (κ1) is 21.1. The number of halogens is 2. The minimum Gasteiger partial charge on any atom is -0.354 e. The summed E-state index contributed by atoms with van der Waals surface area (Å²) in [5.41, 5.74) is 0.253. The average molecular weight is 380 g/mol. The van der Waals surface area contributed by atoms with Gasteiger partial charge in [0.2, 0.25) is 5.91 Å². The molecule has 0 bridgehead atoms. The lowest BCUT2D eigenvalue weighted by Gasteiger charge is -2.34. The number of rotatable bonds is 6. The zero-order valence-electron chi connectivity index (χ0n) is 16.4. The lowest BCUT2D eigenvalue weighted by Crippen LogP contribution is -2.50. The number of nitrogens with zero attached hydrogens (tertiary/aromatic N) is 2. The Hall–Kier alpha value is -2.18. The number of guanidine groups is 1. The van der Waals surface area contributed by atoms with E-state index in [9.17, 15) is 13.6 Å². The second-order valence-corrected chi connectivity index (χ2v) is 6.92. The van der Waals surface area contributed by atoms with Gasteiger partial charge in [-0.15, -0.1) is 0 Å². The van der Waals surface area contributed by atoms with E-state index in [4.69, 9.17) is 0 Å². The second-order valence-electron chi connectivity index (χ2n) is 6.92. The molecule has 1 heterocycles. The summed E-state index contributed by atoms with van der Waals surface area (Å²) < 4.78 is 27.0. The third-order valence-electron chi connectivity index (χ3n) is 5.16. The Morgan fingerprint density at radius 2 is 1.93 bits per heavy atom. The van der Waals surface area contributed by atoms with E-state index in [0.29, 0.717) is 5.96 Å². The molecule has 1 fully saturated rings. The van der Waals surface area contributed by atoms with Gasteiger partial charge in [0, 0.05) is 44.2 Å². The topological polar surface area (TPSA) is 56.7 Å². The first-order valence-electron chi connectivity index (χ1n) is 9.68. The van der Waals surface area contributed by atoms with Gasteiger partial charge in [-0.1, -0.05) is 13.8 Å². The highest BCUT2D eigenvalue weighted by atomic mass is 19.1. The molecule has 7 heteroatoms. The summed E-state index contributed by atoms with van der Waals surface area (Å²) in [5, 5.41) is 6.33. The van der Waals surface area contributed by atoms with Crippen LogP contribution in [0.15, 0.2) is 23.2 Å². The van der Waals surface area contributed by atoms with Gasteiger partial charge in [-0.2, -0.15) is 0 Å². The molecule has 5 nitrogen and oxygen atoms in total. The van der Waals surface area contributed by atoms with Crippen LogP contribution in [0.25, 0.3) is 0 Å². The van der Waals surface area contributed by atoms with Crippen LogP contribution < -0.4 is 10.6 Å². The minimum atomic E-state index is -0.467. The standard InChI is InChI=1S/C20H30F2N4O/c1-4-14(5-2)19(27)26-10-8-17(9-11-26)25-20(23-3)24-13-15-12-16(21)6-7-18(15)22/h6-7,12,14,17H,4-5,8-11,13H2,1-3H3,(H2,23,24,25). The van der Waals surface area contributed by atoms with Crippen molar-refractivity contribution in [2.45, 2.75) is 52.1 Å². The summed E-state index contributed by atoms with van der Waals surface area (Å²) in [7, 11) is 1.64. The van der Waals surface area contributed by atoms with Crippen LogP contribution in [0.5, 0.6) is 0 Å². The van der Waals surface area contributed by atoms with Crippen LogP contribution in [0.4, 0.5) is 8.78 Å². The van der Waals surface area contributed by atoms with E-state index in [1.807, 2.05) is 4.90 Å². The molecule has 1 amide bonds. The summed E-state index contributed by atoms with van der Waals surface area (Å²) in [5.74, 6) is -0.00528. The predicted octanol–water partition coefficient (Wildman–Crippen LogP) is 3.06. The summed E-state index contributed by atoms with van der Waals surface area (Å²) in [6.45, 7) is 5.70. The number of amides is 1. The number of aliphatic imine (C=N–C) groups is 1. The predicted molar refractivity (Wildman–Crippen MR) is 103 cm³/mol. The van der Waals surface area contributed by atoms with Gasteiger partial charge in [0.15, 0.2) is 5.96 Å². The van der Waals surface area contributed by atoms with Crippen molar-refractivity contribution in [3.05, 3.63) is 35.4 Å². The zero-order valence-corrected chi connectivity index (χ0v) is 16.4. The van der Waals surface area contributed by atoms with Crippen LogP contribution in [0, 0.1) is 17.6 Å². The molecular weight excluding hydrogens is 350 g/mol. The van der Waals surface area contributed by atoms with Gasteiger partial charge < -0.3 is 15.5 Å². The lowest BCUT2D eigenvalue weighted by molar-refractivity contribution is -0.136. The monoisotopic (exact) mass is 380 g/mol. The second kappa shape index (κ2) is 10.2. The lowest BCUT2D eigenvalue weighted by atomic mass is 9.98. The van der Waals surface area contributed by atoms with Gasteiger partial charge in [0.1, 0.15) is 11.6 Å². The summed E-state index contributed by atoms with van der Waals surface area (Å²) in [6.07, 6.45) is 3.42. The molecular formula is C20H30F2N4O. The van der Waals surface area contributed by atoms with Crippen molar-refractivity contribution in [3.8, 4) is 0 Å². The number of piperidine rings is 1. The Bertz CT molecular complexity index is 653. The zero-order chi connectivity index (χ0) is 19.8. The highest BCUT2D eigenvalue weighted by Gasteiger charge is 2.26. The third-order valence-corrected chi connectivity index (χ3v) is 5.16. The van der Waals surface area contributed by atoms with Gasteiger partial charge in [0.05, 0.1) is 0 Å². The molecule has 0 atom stereocenters. The molecule has 0 saturated carbocycles. The van der Waals surface area contributed by atoms with Crippen molar-refractivity contribution in [2.75, 3.05) is 20.1 Å². The molecule has 0 aliphatic carbocycles. The Morgan fingerprint density at radius 1 is 1.26 bits per heavy atom. The van der Waals surface area contributed by atoms with Crippen molar-refractivity contribution in [2.24, 2.45) is 10.9 Å². The third kappa shape index (κ3) is 5.91. The highest BCUT2D eigenvalue weighted by Crippen LogP contribution is 2.17. The van der Waals surface area contributed by atoms with Gasteiger partial charge in [-0.25, -0.2) is 8.78 Å². The highest BCUT2D eigenvalue weighted by molar-refractivity contribution is 5.80. The summed E-state index contributed by atoms with van der Waals surface area (Å²) >= 11 is 0. The van der Waals surface area contributed by atoms with Gasteiger partial charge in [-0.05, 0) is 43.9 Å². The van der Waals surface area contributed by atoms with Crippen molar-refractivity contribution >= 4 is 11.9 Å². The molecule has 1 saturated heterocycles. The maximum absolute atomic E-state index is 13.7. The van der Waals surface area contributed by atoms with Crippen LogP contribution in [0.3, 0.4) is 0 Å². The number of hydrogen-bond donors (Lipinski definition) is 2. The molecule has 27 heavy (non-hydrogen) atoms. The molecule has 150 valence electrons. The number of carbonyl (C=O) groups excluding carboxylic acids is 1. The van der Waals surface area contributed by atoms with E-state index in [0.717, 1.165) is 50.9 Å². The van der Waals surface area contributed by atoms with E-state index >= 15 is 0 Å². The van der Waals surface area contributed by atoms with Crippen LogP contribution in [-0.4, -0.2) is 42.9 Å². The van der Waals surface area contributed by atoms with Gasteiger partial charge in [-0.3, -0.25) is 9.79 Å². The maximum Gasteiger partial charge on any atom is 0.225 e. The van der Waals surface area contributed by atoms with Crippen molar-refractivity contribution in [1.82, 2.24) is 15.5 Å². The minimum absolute atomic E-state index is 0.116. The smallest absolute Gasteiger partial charge is 0.225 e. The van der Waals surface area contributed by atoms with E-state index in [-0.39, 0.29) is 30.0 Å². The normalized spacial score (nSPS) is 15.9. The molecule has 0 radical (unpaired) electrons. The quantitative estimate of drug-likeness (QED) is 0.589. The fraction of sp³-hybridized carbons (Fsp3) is 0.600. The van der Waals surface area contributed by atoms with Gasteiger partial charge in [0.25, 0.3) is 0 Å². The summed E-state index contributed by atoms with van der Waals surface area (Å²) in [6, 6.07) is 3.59. The molecule has 2 rings (SSSR count). The molecule has 1 aliphatic rings. The molecule has 1 aliphatic heterocycles. The largest absolute Gasteiger partial charge is 0.354 e. The molecule has 1 aromatic carbocycles. The summed E-state index contributed by atoms with van der Waals surface area (Å²) in [4.78, 5) is 18.6. The Kier molecular flexibility index (Phi) is 8.00. The number of nitrogens with one attached hydrogen (secondary N) is 2. The number of likely N-dealkylation sites (tertiary alicyclic amines) is 1. The molecule has 0 aromatic heterocycles. The maximum atomic E-state index is 13.7. The SMILES string of the molecule is CCC(CC)C(=O)N1CCC(NC(=NC)NCc2cc(F)ccc2F)CC1. The first-order chi connectivity index (χ1) is 13.0. The van der Waals surface area contributed by atoms with Crippen LogP contribution in [0.2, 0.25) is 0 Å². The van der Waals surface area contributed by atoms with E-state index in [1.165, 1.54) is 6.07 Å². The van der Waals surface area contributed by atoms with Crippen molar-refractivity contribution in [3.63, 3.8) is 0 Å². The Morgan fingerprint density at radius 3 is 2.52 bits per heavy atom. The van der Waals surface area contributed by atoms with Crippen LogP contribution in [0.1, 0.15) is 45.1 Å². The van der Waals surface area contributed by atoms with Crippen molar-refractivity contribution in [1.29, 1.82) is 0 Å². The Labute approximate surface area is 160 Å².